The molecule has 0 bridgehead atoms. The van der Waals surface area contributed by atoms with E-state index in [-0.39, 0.29) is 17.1 Å². The molecule has 1 fully saturated rings. The number of benzene rings is 1. The number of nitro benzene ring substituents is 1. The second-order valence-electron chi connectivity index (χ2n) is 5.68. The number of rotatable bonds is 5. The van der Waals surface area contributed by atoms with Crippen LogP contribution >= 0.6 is 0 Å². The van der Waals surface area contributed by atoms with Gasteiger partial charge in [0.25, 0.3) is 5.69 Å². The number of nitrogens with zero attached hydrogens (tertiary/aromatic N) is 1. The molecule has 0 aromatic heterocycles. The third-order valence-electron chi connectivity index (χ3n) is 4.08. The van der Waals surface area contributed by atoms with Crippen LogP contribution in [0.4, 0.5) is 5.69 Å². The Morgan fingerprint density at radius 3 is 2.48 bits per heavy atom. The molecule has 3 N–H and O–H groups in total. The summed E-state index contributed by atoms with van der Waals surface area (Å²) in [6, 6.07) is 2.53. The molecule has 21 heavy (non-hydrogen) atoms. The van der Waals surface area contributed by atoms with Gasteiger partial charge in [-0.25, -0.2) is 13.1 Å². The highest BCUT2D eigenvalue weighted by molar-refractivity contribution is 7.89. The van der Waals surface area contributed by atoms with Crippen molar-refractivity contribution < 1.29 is 13.3 Å². The Morgan fingerprint density at radius 2 is 2.00 bits per heavy atom. The maximum atomic E-state index is 12.3. The summed E-state index contributed by atoms with van der Waals surface area (Å²) in [5.74, 6) is 0. The summed E-state index contributed by atoms with van der Waals surface area (Å²) in [6.45, 7) is 3.40. The average Bonchev–Trinajstić information content (AvgIpc) is 2.36. The number of nitro groups is 1. The van der Waals surface area contributed by atoms with Gasteiger partial charge in [-0.1, -0.05) is 0 Å². The van der Waals surface area contributed by atoms with E-state index in [1.54, 1.807) is 13.8 Å². The first-order valence-corrected chi connectivity index (χ1v) is 8.17. The summed E-state index contributed by atoms with van der Waals surface area (Å²) in [5, 5.41) is 11.0. The van der Waals surface area contributed by atoms with Gasteiger partial charge in [0, 0.05) is 23.7 Å². The van der Waals surface area contributed by atoms with E-state index in [4.69, 9.17) is 5.73 Å². The van der Waals surface area contributed by atoms with Crippen molar-refractivity contribution in [2.75, 3.05) is 6.54 Å². The van der Waals surface area contributed by atoms with Crippen molar-refractivity contribution in [3.8, 4) is 0 Å². The van der Waals surface area contributed by atoms with Gasteiger partial charge in [0.2, 0.25) is 10.0 Å². The average molecular weight is 313 g/mol. The predicted octanol–water partition coefficient (Wildman–Crippen LogP) is 1.37. The van der Waals surface area contributed by atoms with E-state index in [1.807, 2.05) is 0 Å². The zero-order valence-electron chi connectivity index (χ0n) is 12.0. The van der Waals surface area contributed by atoms with Crippen molar-refractivity contribution in [3.05, 3.63) is 33.4 Å². The molecule has 0 unspecified atom stereocenters. The fraction of sp³-hybridized carbons (Fsp3) is 0.538. The first-order valence-electron chi connectivity index (χ1n) is 6.69. The van der Waals surface area contributed by atoms with Crippen LogP contribution in [0.2, 0.25) is 0 Å². The fourth-order valence-electron chi connectivity index (χ4n) is 2.28. The zero-order valence-corrected chi connectivity index (χ0v) is 12.9. The molecule has 0 amide bonds. The molecule has 2 rings (SSSR count). The van der Waals surface area contributed by atoms with E-state index < -0.39 is 20.5 Å². The molecule has 8 heteroatoms. The Labute approximate surface area is 123 Å². The summed E-state index contributed by atoms with van der Waals surface area (Å²) in [7, 11) is -3.80. The molecule has 1 aliphatic rings. The summed E-state index contributed by atoms with van der Waals surface area (Å²) in [6.07, 6.45) is 2.55. The minimum atomic E-state index is -3.80. The van der Waals surface area contributed by atoms with Gasteiger partial charge >= 0.3 is 0 Å². The summed E-state index contributed by atoms with van der Waals surface area (Å²) in [4.78, 5) is 10.3. The normalized spacial score (nSPS) is 17.3. The third kappa shape index (κ3) is 3.22. The first-order chi connectivity index (χ1) is 9.65. The second-order valence-corrected chi connectivity index (χ2v) is 7.45. The molecule has 1 aromatic rings. The fourth-order valence-corrected chi connectivity index (χ4v) is 3.53. The smallest absolute Gasteiger partial charge is 0.273 e. The van der Waals surface area contributed by atoms with Gasteiger partial charge in [-0.15, -0.1) is 0 Å². The van der Waals surface area contributed by atoms with E-state index in [0.717, 1.165) is 25.3 Å². The van der Waals surface area contributed by atoms with Gasteiger partial charge in [0.1, 0.15) is 0 Å². The molecule has 1 aromatic carbocycles. The first kappa shape index (κ1) is 15.9. The molecule has 0 spiro atoms. The SMILES string of the molecule is Cc1cc(S(=O)(=O)NCC2(N)CCC2)cc([N+](=O)[O-])c1C. The number of nitrogens with one attached hydrogen (secondary N) is 1. The van der Waals surface area contributed by atoms with Crippen LogP contribution < -0.4 is 10.5 Å². The van der Waals surface area contributed by atoms with Crippen LogP contribution in [0.5, 0.6) is 0 Å². The summed E-state index contributed by atoms with van der Waals surface area (Å²) in [5.41, 5.74) is 6.34. The highest BCUT2D eigenvalue weighted by atomic mass is 32.2. The molecule has 0 heterocycles. The topological polar surface area (TPSA) is 115 Å². The molecular formula is C13H19N3O4S. The molecule has 1 saturated carbocycles. The third-order valence-corrected chi connectivity index (χ3v) is 5.46. The quantitative estimate of drug-likeness (QED) is 0.629. The zero-order chi connectivity index (χ0) is 15.8. The van der Waals surface area contributed by atoms with Crippen molar-refractivity contribution in [3.63, 3.8) is 0 Å². The summed E-state index contributed by atoms with van der Waals surface area (Å²) < 4.78 is 27.0. The molecule has 0 aliphatic heterocycles. The van der Waals surface area contributed by atoms with Crippen LogP contribution in [0.1, 0.15) is 30.4 Å². The minimum Gasteiger partial charge on any atom is -0.324 e. The molecule has 1 aliphatic carbocycles. The Balaban J connectivity index is 2.29. The van der Waals surface area contributed by atoms with Gasteiger partial charge < -0.3 is 5.73 Å². The number of sulfonamides is 1. The van der Waals surface area contributed by atoms with Crippen molar-refractivity contribution in [1.29, 1.82) is 0 Å². The van der Waals surface area contributed by atoms with E-state index in [1.165, 1.54) is 6.07 Å². The number of hydrogen-bond acceptors (Lipinski definition) is 5. The van der Waals surface area contributed by atoms with Gasteiger partial charge in [-0.3, -0.25) is 10.1 Å². The Morgan fingerprint density at radius 1 is 1.38 bits per heavy atom. The Hall–Kier alpha value is -1.51. The molecule has 0 saturated heterocycles. The molecule has 7 nitrogen and oxygen atoms in total. The minimum absolute atomic E-state index is 0.0970. The van der Waals surface area contributed by atoms with Gasteiger partial charge in [0.15, 0.2) is 0 Å². The van der Waals surface area contributed by atoms with Crippen molar-refractivity contribution in [2.45, 2.75) is 43.5 Å². The van der Waals surface area contributed by atoms with Crippen LogP contribution in [0.25, 0.3) is 0 Å². The highest BCUT2D eigenvalue weighted by Gasteiger charge is 2.34. The van der Waals surface area contributed by atoms with Gasteiger partial charge in [0.05, 0.1) is 9.82 Å². The Kier molecular flexibility index (Phi) is 4.05. The maximum Gasteiger partial charge on any atom is 0.273 e. The van der Waals surface area contributed by atoms with E-state index in [9.17, 15) is 18.5 Å². The van der Waals surface area contributed by atoms with E-state index >= 15 is 0 Å². The lowest BCUT2D eigenvalue weighted by Gasteiger charge is -2.38. The molecule has 0 atom stereocenters. The predicted molar refractivity (Wildman–Crippen MR) is 78.5 cm³/mol. The van der Waals surface area contributed by atoms with Crippen molar-refractivity contribution >= 4 is 15.7 Å². The number of aryl methyl sites for hydroxylation is 1. The number of hydrogen-bond donors (Lipinski definition) is 2. The van der Waals surface area contributed by atoms with Crippen LogP contribution in [-0.4, -0.2) is 25.4 Å². The molecular weight excluding hydrogens is 294 g/mol. The lowest BCUT2D eigenvalue weighted by atomic mass is 9.78. The number of nitrogens with two attached hydrogens (primary N) is 1. The molecule has 0 radical (unpaired) electrons. The van der Waals surface area contributed by atoms with Gasteiger partial charge in [-0.2, -0.15) is 0 Å². The Bertz CT molecular complexity index is 681. The van der Waals surface area contributed by atoms with Gasteiger partial charge in [-0.05, 0) is 44.7 Å². The standard InChI is InChI=1S/C13H19N3O4S/c1-9-6-11(7-12(10(9)2)16(17)18)21(19,20)15-8-13(14)4-3-5-13/h6-7,15H,3-5,8,14H2,1-2H3. The monoisotopic (exact) mass is 313 g/mol. The summed E-state index contributed by atoms with van der Waals surface area (Å²) >= 11 is 0. The lowest BCUT2D eigenvalue weighted by molar-refractivity contribution is -0.385. The van der Waals surface area contributed by atoms with Crippen LogP contribution in [0, 0.1) is 24.0 Å². The van der Waals surface area contributed by atoms with Crippen molar-refractivity contribution in [1.82, 2.24) is 4.72 Å². The highest BCUT2D eigenvalue weighted by Crippen LogP contribution is 2.29. The van der Waals surface area contributed by atoms with E-state index in [0.29, 0.717) is 11.1 Å². The van der Waals surface area contributed by atoms with Crippen molar-refractivity contribution in [2.24, 2.45) is 5.73 Å². The second kappa shape index (κ2) is 5.36. The lowest BCUT2D eigenvalue weighted by Crippen LogP contribution is -2.54. The van der Waals surface area contributed by atoms with Crippen LogP contribution in [0.15, 0.2) is 17.0 Å². The largest absolute Gasteiger partial charge is 0.324 e. The van der Waals surface area contributed by atoms with Crippen LogP contribution in [0.3, 0.4) is 0 Å². The van der Waals surface area contributed by atoms with E-state index in [2.05, 4.69) is 4.72 Å². The maximum absolute atomic E-state index is 12.3. The molecule has 116 valence electrons. The van der Waals surface area contributed by atoms with Crippen LogP contribution in [-0.2, 0) is 10.0 Å².